The smallest absolute Gasteiger partial charge is 0.265 e. The molecule has 7 nitrogen and oxygen atoms in total. The summed E-state index contributed by atoms with van der Waals surface area (Å²) in [6.45, 7) is 1.88. The highest BCUT2D eigenvalue weighted by atomic mass is 35.5. The molecule has 0 atom stereocenters. The van der Waals surface area contributed by atoms with Gasteiger partial charge in [0.1, 0.15) is 5.82 Å². The predicted molar refractivity (Wildman–Crippen MR) is 118 cm³/mol. The Kier molecular flexibility index (Phi) is 4.60. The number of carbonyl (C=O) groups is 1. The lowest BCUT2D eigenvalue weighted by Crippen LogP contribution is -2.22. The fourth-order valence-electron chi connectivity index (χ4n) is 3.53. The quantitative estimate of drug-likeness (QED) is 0.520. The summed E-state index contributed by atoms with van der Waals surface area (Å²) < 4.78 is 12.1. The number of amides is 1. The molecular formula is C23H16ClN3O4. The monoisotopic (exact) mass is 433 g/mol. The lowest BCUT2D eigenvalue weighted by molar-refractivity contribution is 0.102. The zero-order valence-corrected chi connectivity index (χ0v) is 17.1. The number of fused-ring (bicyclic) bond motifs is 2. The van der Waals surface area contributed by atoms with E-state index in [1.807, 2.05) is 6.07 Å². The van der Waals surface area contributed by atoms with Gasteiger partial charge in [-0.05, 0) is 55.5 Å². The average Bonchev–Trinajstić information content (AvgIpc) is 3.24. The Bertz CT molecular complexity index is 1410. The molecule has 154 valence electrons. The van der Waals surface area contributed by atoms with Crippen LogP contribution in [0.5, 0.6) is 11.5 Å². The van der Waals surface area contributed by atoms with Crippen molar-refractivity contribution in [2.24, 2.45) is 0 Å². The molecule has 1 amide bonds. The highest BCUT2D eigenvalue weighted by molar-refractivity contribution is 6.34. The summed E-state index contributed by atoms with van der Waals surface area (Å²) in [6, 6.07) is 17.1. The molecule has 0 saturated carbocycles. The number of aromatic nitrogens is 2. The van der Waals surface area contributed by atoms with Crippen molar-refractivity contribution >= 4 is 34.1 Å². The van der Waals surface area contributed by atoms with Crippen LogP contribution in [0, 0.1) is 6.92 Å². The van der Waals surface area contributed by atoms with E-state index in [1.165, 1.54) is 4.57 Å². The van der Waals surface area contributed by atoms with E-state index in [0.29, 0.717) is 50.2 Å². The van der Waals surface area contributed by atoms with Gasteiger partial charge < -0.3 is 14.8 Å². The number of para-hydroxylation sites is 1. The topological polar surface area (TPSA) is 82.5 Å². The number of anilines is 1. The van der Waals surface area contributed by atoms with Crippen LogP contribution in [-0.4, -0.2) is 22.3 Å². The molecule has 0 saturated heterocycles. The van der Waals surface area contributed by atoms with Gasteiger partial charge in [-0.15, -0.1) is 0 Å². The Hall–Kier alpha value is -3.84. The number of rotatable bonds is 3. The number of ether oxygens (including phenoxy) is 2. The molecule has 0 spiro atoms. The van der Waals surface area contributed by atoms with Gasteiger partial charge in [-0.2, -0.15) is 0 Å². The van der Waals surface area contributed by atoms with E-state index in [4.69, 9.17) is 21.1 Å². The Balaban J connectivity index is 1.52. The minimum atomic E-state index is -0.363. The Labute approximate surface area is 181 Å². The maximum absolute atomic E-state index is 13.1. The summed E-state index contributed by atoms with van der Waals surface area (Å²) in [4.78, 5) is 30.4. The summed E-state index contributed by atoms with van der Waals surface area (Å²) in [5.74, 6) is 1.27. The number of nitrogens with one attached hydrogen (secondary N) is 1. The largest absolute Gasteiger partial charge is 0.454 e. The summed E-state index contributed by atoms with van der Waals surface area (Å²) in [7, 11) is 0. The van der Waals surface area contributed by atoms with Crippen molar-refractivity contribution < 1.29 is 14.3 Å². The van der Waals surface area contributed by atoms with Crippen LogP contribution >= 0.6 is 11.6 Å². The number of aryl methyl sites for hydroxylation is 1. The standard InChI is InChI=1S/C23H16ClN3O4/c1-13-25-18-5-3-2-4-16(18)23(29)27(13)15-7-8-17(24)19(11-15)26-22(28)14-6-9-20-21(10-14)31-12-30-20/h2-11H,12H2,1H3,(H,26,28). The van der Waals surface area contributed by atoms with Crippen molar-refractivity contribution in [2.75, 3.05) is 12.1 Å². The molecule has 0 bridgehead atoms. The fourth-order valence-corrected chi connectivity index (χ4v) is 3.69. The van der Waals surface area contributed by atoms with E-state index in [2.05, 4.69) is 10.3 Å². The van der Waals surface area contributed by atoms with E-state index in [1.54, 1.807) is 61.5 Å². The van der Waals surface area contributed by atoms with Crippen LogP contribution in [0.3, 0.4) is 0 Å². The third kappa shape index (κ3) is 3.39. The normalized spacial score (nSPS) is 12.2. The summed E-state index contributed by atoms with van der Waals surface area (Å²) in [5, 5.41) is 3.65. The van der Waals surface area contributed by atoms with Crippen LogP contribution in [0.1, 0.15) is 16.2 Å². The number of benzene rings is 3. The van der Waals surface area contributed by atoms with Crippen molar-refractivity contribution in [1.82, 2.24) is 9.55 Å². The zero-order valence-electron chi connectivity index (χ0n) is 16.4. The van der Waals surface area contributed by atoms with E-state index in [-0.39, 0.29) is 18.3 Å². The molecule has 0 fully saturated rings. The lowest BCUT2D eigenvalue weighted by atomic mass is 10.1. The van der Waals surface area contributed by atoms with E-state index >= 15 is 0 Å². The molecule has 1 aliphatic heterocycles. The second-order valence-corrected chi connectivity index (χ2v) is 7.41. The molecule has 1 aromatic heterocycles. The number of carbonyl (C=O) groups excluding carboxylic acids is 1. The van der Waals surface area contributed by atoms with Crippen molar-refractivity contribution in [1.29, 1.82) is 0 Å². The van der Waals surface area contributed by atoms with Crippen LogP contribution in [0.4, 0.5) is 5.69 Å². The number of hydrogen-bond acceptors (Lipinski definition) is 5. The Morgan fingerprint density at radius 1 is 1.06 bits per heavy atom. The maximum atomic E-state index is 13.1. The molecule has 4 aromatic rings. The molecule has 2 heterocycles. The third-order valence-corrected chi connectivity index (χ3v) is 5.36. The first-order valence-electron chi connectivity index (χ1n) is 9.50. The number of nitrogens with zero attached hydrogens (tertiary/aromatic N) is 2. The van der Waals surface area contributed by atoms with Gasteiger partial charge in [0, 0.05) is 5.56 Å². The minimum absolute atomic E-state index is 0.127. The fraction of sp³-hybridized carbons (Fsp3) is 0.0870. The van der Waals surface area contributed by atoms with Crippen molar-refractivity contribution in [3.63, 3.8) is 0 Å². The average molecular weight is 434 g/mol. The van der Waals surface area contributed by atoms with Gasteiger partial charge in [0.25, 0.3) is 11.5 Å². The molecule has 8 heteroatoms. The molecular weight excluding hydrogens is 418 g/mol. The lowest BCUT2D eigenvalue weighted by Gasteiger charge is -2.14. The summed E-state index contributed by atoms with van der Waals surface area (Å²) in [5.41, 5.74) is 1.75. The van der Waals surface area contributed by atoms with Gasteiger partial charge in [0.2, 0.25) is 6.79 Å². The van der Waals surface area contributed by atoms with E-state index < -0.39 is 0 Å². The van der Waals surface area contributed by atoms with Crippen LogP contribution < -0.4 is 20.3 Å². The number of hydrogen-bond donors (Lipinski definition) is 1. The molecule has 1 aliphatic rings. The highest BCUT2D eigenvalue weighted by Gasteiger charge is 2.18. The molecule has 0 aliphatic carbocycles. The first-order valence-corrected chi connectivity index (χ1v) is 9.88. The molecule has 0 radical (unpaired) electrons. The molecule has 3 aromatic carbocycles. The van der Waals surface area contributed by atoms with Crippen molar-refractivity contribution in [2.45, 2.75) is 6.92 Å². The van der Waals surface area contributed by atoms with E-state index in [9.17, 15) is 9.59 Å². The Morgan fingerprint density at radius 2 is 1.87 bits per heavy atom. The van der Waals surface area contributed by atoms with Crippen LogP contribution in [-0.2, 0) is 0 Å². The van der Waals surface area contributed by atoms with Crippen LogP contribution in [0.15, 0.2) is 65.5 Å². The van der Waals surface area contributed by atoms with Gasteiger partial charge in [0.05, 0.1) is 27.3 Å². The first kappa shape index (κ1) is 19.1. The van der Waals surface area contributed by atoms with Gasteiger partial charge in [-0.3, -0.25) is 14.2 Å². The summed E-state index contributed by atoms with van der Waals surface area (Å²) >= 11 is 6.32. The second-order valence-electron chi connectivity index (χ2n) is 7.00. The van der Waals surface area contributed by atoms with Gasteiger partial charge in [0.15, 0.2) is 11.5 Å². The molecule has 1 N–H and O–H groups in total. The SMILES string of the molecule is Cc1nc2ccccc2c(=O)n1-c1ccc(Cl)c(NC(=O)c2ccc3c(c2)OCO3)c1. The van der Waals surface area contributed by atoms with Gasteiger partial charge >= 0.3 is 0 Å². The van der Waals surface area contributed by atoms with Crippen LogP contribution in [0.25, 0.3) is 16.6 Å². The minimum Gasteiger partial charge on any atom is -0.454 e. The number of halogens is 1. The second kappa shape index (κ2) is 7.45. The first-order chi connectivity index (χ1) is 15.0. The maximum Gasteiger partial charge on any atom is 0.265 e. The Morgan fingerprint density at radius 3 is 2.74 bits per heavy atom. The van der Waals surface area contributed by atoms with Crippen molar-refractivity contribution in [3.05, 3.63) is 87.4 Å². The summed E-state index contributed by atoms with van der Waals surface area (Å²) in [6.07, 6.45) is 0. The van der Waals surface area contributed by atoms with Gasteiger partial charge in [-0.1, -0.05) is 23.7 Å². The molecule has 31 heavy (non-hydrogen) atoms. The molecule has 5 rings (SSSR count). The van der Waals surface area contributed by atoms with Gasteiger partial charge in [-0.25, -0.2) is 4.98 Å². The zero-order chi connectivity index (χ0) is 21.5. The highest BCUT2D eigenvalue weighted by Crippen LogP contribution is 2.33. The van der Waals surface area contributed by atoms with Crippen LogP contribution in [0.2, 0.25) is 5.02 Å². The van der Waals surface area contributed by atoms with Crippen molar-refractivity contribution in [3.8, 4) is 17.2 Å². The van der Waals surface area contributed by atoms with E-state index in [0.717, 1.165) is 0 Å². The predicted octanol–water partition coefficient (Wildman–Crippen LogP) is 4.33. The third-order valence-electron chi connectivity index (χ3n) is 5.03. The molecule has 0 unspecified atom stereocenters.